The van der Waals surface area contributed by atoms with E-state index in [0.29, 0.717) is 4.11 Å². The van der Waals surface area contributed by atoms with Crippen LogP contribution in [0.5, 0.6) is 0 Å². The summed E-state index contributed by atoms with van der Waals surface area (Å²) in [6, 6.07) is 0. The van der Waals surface area contributed by atoms with Crippen LogP contribution in [0.4, 0.5) is 0 Å². The Kier molecular flexibility index (Phi) is 4.32. The van der Waals surface area contributed by atoms with Crippen LogP contribution in [0.25, 0.3) is 0 Å². The number of alkyl halides is 1. The second kappa shape index (κ2) is 3.93. The molecule has 0 spiro atoms. The van der Waals surface area contributed by atoms with Crippen molar-refractivity contribution in [1.29, 1.82) is 0 Å². The van der Waals surface area contributed by atoms with Gasteiger partial charge in [0.2, 0.25) is 0 Å². The van der Waals surface area contributed by atoms with Gasteiger partial charge in [0.25, 0.3) is 0 Å². The Balaban J connectivity index is 3.47. The molecule has 9 heavy (non-hydrogen) atoms. The smallest absolute Gasteiger partial charge is 0.185 e. The topological polar surface area (TPSA) is 9.23 Å². The van der Waals surface area contributed by atoms with E-state index < -0.39 is 8.32 Å². The van der Waals surface area contributed by atoms with Crippen molar-refractivity contribution in [2.75, 3.05) is 0 Å². The van der Waals surface area contributed by atoms with Crippen molar-refractivity contribution in [2.24, 2.45) is 0 Å². The lowest BCUT2D eigenvalue weighted by atomic mass is 10.5. The first kappa shape index (κ1) is 9.91. The summed E-state index contributed by atoms with van der Waals surface area (Å²) in [5.41, 5.74) is 0. The average Bonchev–Trinajstić information content (AvgIpc) is 1.62. The second-order valence-corrected chi connectivity index (χ2v) is 8.90. The third kappa shape index (κ3) is 6.80. The van der Waals surface area contributed by atoms with Crippen molar-refractivity contribution in [3.05, 3.63) is 0 Å². The lowest BCUT2D eigenvalue weighted by Gasteiger charge is -2.20. The third-order valence-electron chi connectivity index (χ3n) is 0.802. The van der Waals surface area contributed by atoms with Gasteiger partial charge in [0.05, 0.1) is 4.11 Å². The molecule has 0 rings (SSSR count). The molecule has 0 aromatic carbocycles. The molecule has 1 unspecified atom stereocenters. The summed E-state index contributed by atoms with van der Waals surface area (Å²) in [5, 5.41) is 0. The van der Waals surface area contributed by atoms with Gasteiger partial charge in [-0.3, -0.25) is 0 Å². The molecule has 0 aliphatic carbocycles. The molecule has 0 saturated carbocycles. The normalized spacial score (nSPS) is 15.7. The SMILES string of the molecule is CCC(I)O[Si](C)(C)C. The summed E-state index contributed by atoms with van der Waals surface area (Å²) in [7, 11) is -1.25. The zero-order valence-corrected chi connectivity index (χ0v) is 9.73. The minimum atomic E-state index is -1.25. The Bertz CT molecular complexity index is 79.6. The summed E-state index contributed by atoms with van der Waals surface area (Å²) >= 11 is 2.34. The molecule has 0 aromatic rings. The minimum Gasteiger partial charge on any atom is -0.406 e. The minimum absolute atomic E-state index is 0.425. The maximum atomic E-state index is 5.71. The first-order valence-electron chi connectivity index (χ1n) is 3.27. The fourth-order valence-corrected chi connectivity index (χ4v) is 3.69. The van der Waals surface area contributed by atoms with Gasteiger partial charge in [0.1, 0.15) is 0 Å². The van der Waals surface area contributed by atoms with Crippen molar-refractivity contribution in [3.63, 3.8) is 0 Å². The molecule has 0 saturated heterocycles. The number of hydrogen-bond acceptors (Lipinski definition) is 1. The predicted molar refractivity (Wildman–Crippen MR) is 52.5 cm³/mol. The molecule has 3 heteroatoms. The third-order valence-corrected chi connectivity index (χ3v) is 3.41. The first-order chi connectivity index (χ1) is 3.95. The Hall–Kier alpha value is 0.907. The molecular formula is C6H15IOSi. The van der Waals surface area contributed by atoms with Gasteiger partial charge in [0.15, 0.2) is 8.32 Å². The van der Waals surface area contributed by atoms with Gasteiger partial charge < -0.3 is 4.43 Å². The Morgan fingerprint density at radius 3 is 2.00 bits per heavy atom. The van der Waals surface area contributed by atoms with Crippen LogP contribution in [-0.2, 0) is 4.43 Å². The molecule has 0 aliphatic heterocycles. The van der Waals surface area contributed by atoms with Crippen LogP contribution >= 0.6 is 22.6 Å². The maximum absolute atomic E-state index is 5.71. The summed E-state index contributed by atoms with van der Waals surface area (Å²) in [6.45, 7) is 8.80. The lowest BCUT2D eigenvalue weighted by Crippen LogP contribution is -2.28. The molecule has 0 aromatic heterocycles. The van der Waals surface area contributed by atoms with Crippen molar-refractivity contribution in [1.82, 2.24) is 0 Å². The quantitative estimate of drug-likeness (QED) is 0.429. The van der Waals surface area contributed by atoms with Gasteiger partial charge >= 0.3 is 0 Å². The van der Waals surface area contributed by atoms with E-state index in [1.54, 1.807) is 0 Å². The van der Waals surface area contributed by atoms with Gasteiger partial charge in [-0.2, -0.15) is 0 Å². The van der Waals surface area contributed by atoms with E-state index in [2.05, 4.69) is 49.2 Å². The van der Waals surface area contributed by atoms with Crippen LogP contribution in [-0.4, -0.2) is 12.4 Å². The fraction of sp³-hybridized carbons (Fsp3) is 1.00. The maximum Gasteiger partial charge on any atom is 0.185 e. The van der Waals surface area contributed by atoms with Gasteiger partial charge in [-0.15, -0.1) is 0 Å². The highest BCUT2D eigenvalue weighted by Crippen LogP contribution is 2.14. The molecule has 0 radical (unpaired) electrons. The molecule has 0 bridgehead atoms. The summed E-state index contributed by atoms with van der Waals surface area (Å²) in [5.74, 6) is 0. The van der Waals surface area contributed by atoms with E-state index in [4.69, 9.17) is 4.43 Å². The van der Waals surface area contributed by atoms with E-state index in [-0.39, 0.29) is 0 Å². The van der Waals surface area contributed by atoms with Crippen LogP contribution in [0, 0.1) is 0 Å². The average molecular weight is 258 g/mol. The Morgan fingerprint density at radius 2 is 1.89 bits per heavy atom. The molecule has 56 valence electrons. The first-order valence-corrected chi connectivity index (χ1v) is 7.93. The second-order valence-electron chi connectivity index (χ2n) is 3.05. The summed E-state index contributed by atoms with van der Waals surface area (Å²) in [6.07, 6.45) is 1.12. The zero-order chi connectivity index (χ0) is 7.49. The molecule has 1 atom stereocenters. The standard InChI is InChI=1S/C6H15IOSi/c1-5-6(7)8-9(2,3)4/h6H,5H2,1-4H3. The highest BCUT2D eigenvalue weighted by atomic mass is 127. The van der Waals surface area contributed by atoms with Crippen molar-refractivity contribution < 1.29 is 4.43 Å². The van der Waals surface area contributed by atoms with Crippen molar-refractivity contribution in [3.8, 4) is 0 Å². The molecule has 0 heterocycles. The van der Waals surface area contributed by atoms with Crippen LogP contribution in [0.2, 0.25) is 19.6 Å². The Morgan fingerprint density at radius 1 is 1.44 bits per heavy atom. The van der Waals surface area contributed by atoms with E-state index >= 15 is 0 Å². The summed E-state index contributed by atoms with van der Waals surface area (Å²) < 4.78 is 6.14. The zero-order valence-electron chi connectivity index (χ0n) is 6.57. The fourth-order valence-electron chi connectivity index (χ4n) is 0.467. The van der Waals surface area contributed by atoms with Crippen molar-refractivity contribution in [2.45, 2.75) is 37.1 Å². The van der Waals surface area contributed by atoms with Gasteiger partial charge in [0, 0.05) is 0 Å². The molecule has 0 N–H and O–H groups in total. The van der Waals surface area contributed by atoms with E-state index in [1.165, 1.54) is 0 Å². The van der Waals surface area contributed by atoms with Gasteiger partial charge in [-0.1, -0.05) is 29.5 Å². The highest BCUT2D eigenvalue weighted by Gasteiger charge is 2.17. The monoisotopic (exact) mass is 258 g/mol. The predicted octanol–water partition coefficient (Wildman–Crippen LogP) is 3.01. The Labute approximate surface area is 72.4 Å². The molecule has 0 amide bonds. The lowest BCUT2D eigenvalue weighted by molar-refractivity contribution is 0.292. The molecular weight excluding hydrogens is 243 g/mol. The van der Waals surface area contributed by atoms with E-state index in [9.17, 15) is 0 Å². The van der Waals surface area contributed by atoms with Crippen LogP contribution in [0.1, 0.15) is 13.3 Å². The highest BCUT2D eigenvalue weighted by molar-refractivity contribution is 14.1. The molecule has 0 aliphatic rings. The van der Waals surface area contributed by atoms with E-state index in [0.717, 1.165) is 6.42 Å². The number of hydrogen-bond donors (Lipinski definition) is 0. The molecule has 0 fully saturated rings. The van der Waals surface area contributed by atoms with E-state index in [1.807, 2.05) is 0 Å². The van der Waals surface area contributed by atoms with Crippen LogP contribution in [0.15, 0.2) is 0 Å². The number of halogens is 1. The van der Waals surface area contributed by atoms with Crippen LogP contribution < -0.4 is 0 Å². The summed E-state index contributed by atoms with van der Waals surface area (Å²) in [4.78, 5) is 0. The van der Waals surface area contributed by atoms with Crippen molar-refractivity contribution >= 4 is 30.9 Å². The molecule has 1 nitrogen and oxygen atoms in total. The number of rotatable bonds is 3. The van der Waals surface area contributed by atoms with Gasteiger partial charge in [-0.25, -0.2) is 0 Å². The largest absolute Gasteiger partial charge is 0.406 e. The van der Waals surface area contributed by atoms with Crippen LogP contribution in [0.3, 0.4) is 0 Å². The van der Waals surface area contributed by atoms with Gasteiger partial charge in [-0.05, 0) is 26.1 Å².